The highest BCUT2D eigenvalue weighted by molar-refractivity contribution is 5.96. The van der Waals surface area contributed by atoms with Crippen LogP contribution in [0, 0.1) is 13.8 Å². The first-order chi connectivity index (χ1) is 14.0. The van der Waals surface area contributed by atoms with Crippen LogP contribution in [0.2, 0.25) is 0 Å². The van der Waals surface area contributed by atoms with E-state index in [1.165, 1.54) is 10.6 Å². The van der Waals surface area contributed by atoms with E-state index in [2.05, 4.69) is 27.7 Å². The monoisotopic (exact) mass is 395 g/mol. The number of hydrogen-bond donors (Lipinski definition) is 3. The molecular formula is C23H31N4O2+. The van der Waals surface area contributed by atoms with Gasteiger partial charge in [-0.1, -0.05) is 36.4 Å². The molecule has 2 aromatic rings. The third kappa shape index (κ3) is 5.35. The van der Waals surface area contributed by atoms with Crippen LogP contribution in [0.1, 0.15) is 18.1 Å². The molecule has 0 aliphatic carbocycles. The maximum Gasteiger partial charge on any atom is 0.278 e. The van der Waals surface area contributed by atoms with Crippen LogP contribution in [-0.4, -0.2) is 50.6 Å². The highest BCUT2D eigenvalue weighted by atomic mass is 16.2. The van der Waals surface area contributed by atoms with Gasteiger partial charge in [0.2, 0.25) is 5.91 Å². The molecule has 0 saturated carbocycles. The fourth-order valence-corrected chi connectivity index (χ4v) is 3.83. The number of anilines is 2. The van der Waals surface area contributed by atoms with E-state index in [4.69, 9.17) is 0 Å². The van der Waals surface area contributed by atoms with Crippen LogP contribution in [0.3, 0.4) is 0 Å². The summed E-state index contributed by atoms with van der Waals surface area (Å²) in [4.78, 5) is 28.4. The molecule has 0 aromatic heterocycles. The lowest BCUT2D eigenvalue weighted by atomic mass is 10.1. The van der Waals surface area contributed by atoms with Gasteiger partial charge in [-0.25, -0.2) is 0 Å². The molecule has 1 aliphatic rings. The average molecular weight is 396 g/mol. The molecule has 3 N–H and O–H groups in total. The number of amides is 2. The lowest BCUT2D eigenvalue weighted by molar-refractivity contribution is -0.914. The topological polar surface area (TPSA) is 65.9 Å². The predicted molar refractivity (Wildman–Crippen MR) is 116 cm³/mol. The number of benzene rings is 2. The number of nitrogens with one attached hydrogen (secondary N) is 3. The smallest absolute Gasteiger partial charge is 0.278 e. The molecular weight excluding hydrogens is 364 g/mol. The zero-order chi connectivity index (χ0) is 20.8. The molecule has 29 heavy (non-hydrogen) atoms. The number of hydrogen-bond acceptors (Lipinski definition) is 3. The van der Waals surface area contributed by atoms with Crippen LogP contribution in [0.25, 0.3) is 0 Å². The normalized spacial score (nSPS) is 15.6. The summed E-state index contributed by atoms with van der Waals surface area (Å²) in [6, 6.07) is 16.1. The molecule has 3 rings (SSSR count). The molecule has 1 atom stereocenters. The molecule has 6 heteroatoms. The van der Waals surface area contributed by atoms with E-state index in [-0.39, 0.29) is 24.4 Å². The van der Waals surface area contributed by atoms with E-state index in [0.717, 1.165) is 43.0 Å². The number of quaternary nitrogens is 1. The highest BCUT2D eigenvalue weighted by Gasteiger charge is 2.29. The van der Waals surface area contributed by atoms with Crippen molar-refractivity contribution in [1.29, 1.82) is 0 Å². The first kappa shape index (κ1) is 20.9. The standard InChI is InChI=1S/C23H30N4O2/c1-17-8-7-9-18(2)22(17)25-21(28)16-24-23(29)19(3)26-12-14-27(15-13-26)20-10-5-4-6-11-20/h4-11,19H,12-16H2,1-3H3,(H,24,29)(H,25,28)/p+1/t19-/m1/s1. The van der Waals surface area contributed by atoms with Gasteiger partial charge in [-0.15, -0.1) is 0 Å². The maximum absolute atomic E-state index is 12.6. The Morgan fingerprint density at radius 1 is 1.00 bits per heavy atom. The summed E-state index contributed by atoms with van der Waals surface area (Å²) in [7, 11) is 0. The number of piperazine rings is 1. The second-order valence-electron chi connectivity index (χ2n) is 7.74. The molecule has 2 amide bonds. The Hall–Kier alpha value is -2.86. The van der Waals surface area contributed by atoms with Gasteiger partial charge in [0.25, 0.3) is 5.91 Å². The number of aryl methyl sites for hydroxylation is 2. The Morgan fingerprint density at radius 2 is 1.62 bits per heavy atom. The number of carbonyl (C=O) groups excluding carboxylic acids is 2. The fourth-order valence-electron chi connectivity index (χ4n) is 3.83. The summed E-state index contributed by atoms with van der Waals surface area (Å²) in [5.41, 5.74) is 4.08. The van der Waals surface area contributed by atoms with E-state index in [9.17, 15) is 9.59 Å². The summed E-state index contributed by atoms with van der Waals surface area (Å²) in [6.45, 7) is 9.49. The Labute approximate surface area is 172 Å². The van der Waals surface area contributed by atoms with Crippen molar-refractivity contribution in [2.75, 3.05) is 42.9 Å². The van der Waals surface area contributed by atoms with Gasteiger partial charge in [0.15, 0.2) is 6.04 Å². The molecule has 1 saturated heterocycles. The summed E-state index contributed by atoms with van der Waals surface area (Å²) in [6.07, 6.45) is 0. The summed E-state index contributed by atoms with van der Waals surface area (Å²) in [5, 5.41) is 5.71. The van der Waals surface area contributed by atoms with Crippen molar-refractivity contribution in [3.8, 4) is 0 Å². The van der Waals surface area contributed by atoms with E-state index in [1.54, 1.807) is 0 Å². The van der Waals surface area contributed by atoms with Crippen molar-refractivity contribution >= 4 is 23.2 Å². The van der Waals surface area contributed by atoms with Gasteiger partial charge < -0.3 is 20.4 Å². The molecule has 154 valence electrons. The van der Waals surface area contributed by atoms with Crippen LogP contribution in [-0.2, 0) is 9.59 Å². The number of rotatable bonds is 6. The molecule has 0 unspecified atom stereocenters. The van der Waals surface area contributed by atoms with Crippen molar-refractivity contribution in [3.63, 3.8) is 0 Å². The summed E-state index contributed by atoms with van der Waals surface area (Å²) < 4.78 is 0. The zero-order valence-electron chi connectivity index (χ0n) is 17.5. The van der Waals surface area contributed by atoms with E-state index < -0.39 is 0 Å². The van der Waals surface area contributed by atoms with Crippen LogP contribution >= 0.6 is 0 Å². The first-order valence-corrected chi connectivity index (χ1v) is 10.2. The lowest BCUT2D eigenvalue weighted by Crippen LogP contribution is -3.19. The van der Waals surface area contributed by atoms with Gasteiger partial charge in [0.1, 0.15) is 0 Å². The Morgan fingerprint density at radius 3 is 2.24 bits per heavy atom. The van der Waals surface area contributed by atoms with Crippen LogP contribution in [0.4, 0.5) is 11.4 Å². The highest BCUT2D eigenvalue weighted by Crippen LogP contribution is 2.19. The Bertz CT molecular complexity index is 825. The summed E-state index contributed by atoms with van der Waals surface area (Å²) in [5.74, 6) is -0.281. The number of para-hydroxylation sites is 2. The van der Waals surface area contributed by atoms with Crippen LogP contribution in [0.15, 0.2) is 48.5 Å². The fraction of sp³-hybridized carbons (Fsp3) is 0.391. The second-order valence-corrected chi connectivity index (χ2v) is 7.74. The molecule has 0 radical (unpaired) electrons. The average Bonchev–Trinajstić information content (AvgIpc) is 2.75. The molecule has 0 bridgehead atoms. The molecule has 1 fully saturated rings. The van der Waals surface area contributed by atoms with E-state index in [1.807, 2.05) is 57.2 Å². The van der Waals surface area contributed by atoms with Crippen molar-refractivity contribution in [1.82, 2.24) is 5.32 Å². The predicted octanol–water partition coefficient (Wildman–Crippen LogP) is 1.15. The molecule has 2 aromatic carbocycles. The van der Waals surface area contributed by atoms with Gasteiger partial charge in [0, 0.05) is 11.4 Å². The van der Waals surface area contributed by atoms with Crippen LogP contribution < -0.4 is 20.4 Å². The summed E-state index contributed by atoms with van der Waals surface area (Å²) >= 11 is 0. The first-order valence-electron chi connectivity index (χ1n) is 10.2. The van der Waals surface area contributed by atoms with Crippen molar-refractivity contribution < 1.29 is 14.5 Å². The van der Waals surface area contributed by atoms with Gasteiger partial charge in [-0.3, -0.25) is 9.59 Å². The quantitative estimate of drug-likeness (QED) is 0.688. The molecule has 1 heterocycles. The number of nitrogens with zero attached hydrogens (tertiary/aromatic N) is 1. The van der Waals surface area contributed by atoms with Gasteiger partial charge in [0.05, 0.1) is 32.7 Å². The number of carbonyl (C=O) groups is 2. The van der Waals surface area contributed by atoms with E-state index >= 15 is 0 Å². The zero-order valence-corrected chi connectivity index (χ0v) is 17.5. The van der Waals surface area contributed by atoms with E-state index in [0.29, 0.717) is 0 Å². The molecule has 1 aliphatic heterocycles. The van der Waals surface area contributed by atoms with Gasteiger partial charge >= 0.3 is 0 Å². The van der Waals surface area contributed by atoms with Crippen molar-refractivity contribution in [2.24, 2.45) is 0 Å². The SMILES string of the molecule is Cc1cccc(C)c1NC(=O)CNC(=O)[C@@H](C)[NH+]1CCN(c2ccccc2)CC1. The third-order valence-corrected chi connectivity index (χ3v) is 5.70. The third-order valence-electron chi connectivity index (χ3n) is 5.70. The molecule has 0 spiro atoms. The van der Waals surface area contributed by atoms with Gasteiger partial charge in [-0.05, 0) is 44.0 Å². The lowest BCUT2D eigenvalue weighted by Gasteiger charge is -2.36. The van der Waals surface area contributed by atoms with Crippen molar-refractivity contribution in [3.05, 3.63) is 59.7 Å². The van der Waals surface area contributed by atoms with Gasteiger partial charge in [-0.2, -0.15) is 0 Å². The minimum Gasteiger partial charge on any atom is -0.360 e. The van der Waals surface area contributed by atoms with Crippen LogP contribution in [0.5, 0.6) is 0 Å². The largest absolute Gasteiger partial charge is 0.360 e. The second kappa shape index (κ2) is 9.56. The minimum atomic E-state index is -0.202. The minimum absolute atomic E-state index is 0.0135. The Kier molecular flexibility index (Phi) is 6.88. The van der Waals surface area contributed by atoms with Crippen molar-refractivity contribution in [2.45, 2.75) is 26.8 Å². The Balaban J connectivity index is 1.45. The maximum atomic E-state index is 12.6. The molecule has 6 nitrogen and oxygen atoms in total.